The molecule has 0 unspecified atom stereocenters. The summed E-state index contributed by atoms with van der Waals surface area (Å²) in [7, 11) is 5.09. The Hall–Kier alpha value is -2.00. The van der Waals surface area contributed by atoms with Gasteiger partial charge in [-0.1, -0.05) is 36.4 Å². The molecule has 0 aromatic heterocycles. The van der Waals surface area contributed by atoms with Crippen LogP contribution < -0.4 is 20.1 Å². The van der Waals surface area contributed by atoms with Gasteiger partial charge in [-0.05, 0) is 37.1 Å². The molecule has 0 spiro atoms. The van der Waals surface area contributed by atoms with E-state index in [2.05, 4.69) is 15.6 Å². The molecule has 2 rings (SSSR count). The fourth-order valence-corrected chi connectivity index (χ4v) is 2.45. The van der Waals surface area contributed by atoms with Crippen LogP contribution in [0, 0.1) is 0 Å². The monoisotopic (exact) mass is 513 g/mol. The van der Waals surface area contributed by atoms with Gasteiger partial charge in [0.1, 0.15) is 6.61 Å². The zero-order valence-electron chi connectivity index (χ0n) is 17.8. The van der Waals surface area contributed by atoms with Crippen molar-refractivity contribution in [2.75, 3.05) is 27.8 Å². The van der Waals surface area contributed by atoms with E-state index in [-0.39, 0.29) is 29.6 Å². The van der Waals surface area contributed by atoms with Gasteiger partial charge in [-0.2, -0.15) is 0 Å². The minimum Gasteiger partial charge on any atom is -0.493 e. The molecule has 29 heavy (non-hydrogen) atoms. The third kappa shape index (κ3) is 8.49. The van der Waals surface area contributed by atoms with Gasteiger partial charge in [-0.15, -0.1) is 24.0 Å². The lowest BCUT2D eigenvalue weighted by Gasteiger charge is -2.24. The number of nitrogens with one attached hydrogen (secondary N) is 2. The van der Waals surface area contributed by atoms with E-state index in [1.807, 2.05) is 62.4 Å². The first-order valence-electron chi connectivity index (χ1n) is 9.30. The van der Waals surface area contributed by atoms with Crippen LogP contribution in [0.2, 0.25) is 0 Å². The van der Waals surface area contributed by atoms with Gasteiger partial charge >= 0.3 is 0 Å². The standard InChI is InChI=1S/C22H31N3O3.HI/c1-22(2,27-5)16-25-21(23-3)24-14-18-11-12-19(20(13-18)26-4)28-15-17-9-7-6-8-10-17;/h6-13H,14-16H2,1-5H3,(H2,23,24,25);1H. The van der Waals surface area contributed by atoms with Crippen molar-refractivity contribution in [1.29, 1.82) is 0 Å². The van der Waals surface area contributed by atoms with E-state index < -0.39 is 0 Å². The van der Waals surface area contributed by atoms with E-state index in [4.69, 9.17) is 14.2 Å². The Morgan fingerprint density at radius 1 is 0.966 bits per heavy atom. The van der Waals surface area contributed by atoms with Gasteiger partial charge in [0, 0.05) is 27.2 Å². The van der Waals surface area contributed by atoms with Crippen molar-refractivity contribution < 1.29 is 14.2 Å². The largest absolute Gasteiger partial charge is 0.493 e. The number of rotatable bonds is 9. The minimum atomic E-state index is -0.265. The third-order valence-corrected chi connectivity index (χ3v) is 4.38. The van der Waals surface area contributed by atoms with Crippen LogP contribution in [-0.4, -0.2) is 39.4 Å². The first-order valence-corrected chi connectivity index (χ1v) is 9.30. The molecule has 0 aliphatic heterocycles. The number of ether oxygens (including phenoxy) is 3. The van der Waals surface area contributed by atoms with Gasteiger partial charge in [0.15, 0.2) is 17.5 Å². The highest BCUT2D eigenvalue weighted by Crippen LogP contribution is 2.28. The van der Waals surface area contributed by atoms with Crippen LogP contribution in [-0.2, 0) is 17.9 Å². The zero-order chi connectivity index (χ0) is 20.4. The summed E-state index contributed by atoms with van der Waals surface area (Å²) in [4.78, 5) is 4.25. The predicted molar refractivity (Wildman–Crippen MR) is 128 cm³/mol. The van der Waals surface area contributed by atoms with Crippen LogP contribution in [0.1, 0.15) is 25.0 Å². The zero-order valence-corrected chi connectivity index (χ0v) is 20.2. The van der Waals surface area contributed by atoms with Crippen LogP contribution in [0.5, 0.6) is 11.5 Å². The molecule has 0 aliphatic rings. The molecule has 0 saturated carbocycles. The normalized spacial score (nSPS) is 11.4. The molecule has 6 nitrogen and oxygen atoms in total. The quantitative estimate of drug-likeness (QED) is 0.302. The number of halogens is 1. The van der Waals surface area contributed by atoms with Crippen molar-refractivity contribution in [1.82, 2.24) is 10.6 Å². The second-order valence-corrected chi connectivity index (χ2v) is 7.00. The summed E-state index contributed by atoms with van der Waals surface area (Å²) in [6.45, 7) is 5.81. The smallest absolute Gasteiger partial charge is 0.191 e. The lowest BCUT2D eigenvalue weighted by atomic mass is 10.1. The van der Waals surface area contributed by atoms with Gasteiger partial charge in [0.05, 0.1) is 12.7 Å². The van der Waals surface area contributed by atoms with Crippen molar-refractivity contribution in [3.05, 3.63) is 59.7 Å². The summed E-state index contributed by atoms with van der Waals surface area (Å²) in [5, 5.41) is 6.57. The minimum absolute atomic E-state index is 0. The topological polar surface area (TPSA) is 64.1 Å². The summed E-state index contributed by atoms with van der Waals surface area (Å²) >= 11 is 0. The number of aliphatic imine (C=N–C) groups is 1. The Bertz CT molecular complexity index is 767. The number of benzene rings is 2. The molecular formula is C22H32IN3O3. The van der Waals surface area contributed by atoms with Crippen molar-refractivity contribution in [2.45, 2.75) is 32.6 Å². The van der Waals surface area contributed by atoms with Gasteiger partial charge in [0.2, 0.25) is 0 Å². The molecule has 7 heteroatoms. The molecule has 0 amide bonds. The molecule has 0 aliphatic carbocycles. The number of guanidine groups is 1. The number of methoxy groups -OCH3 is 2. The lowest BCUT2D eigenvalue weighted by molar-refractivity contribution is 0.0268. The summed E-state index contributed by atoms with van der Waals surface area (Å²) in [5.74, 6) is 2.15. The predicted octanol–water partition coefficient (Wildman–Crippen LogP) is 3.98. The van der Waals surface area contributed by atoms with Crippen LogP contribution >= 0.6 is 24.0 Å². The molecule has 0 radical (unpaired) electrons. The summed E-state index contributed by atoms with van der Waals surface area (Å²) in [5.41, 5.74) is 1.92. The molecule has 0 saturated heterocycles. The van der Waals surface area contributed by atoms with E-state index >= 15 is 0 Å². The summed E-state index contributed by atoms with van der Waals surface area (Å²) in [6.07, 6.45) is 0. The van der Waals surface area contributed by atoms with Crippen LogP contribution in [0.3, 0.4) is 0 Å². The fourth-order valence-electron chi connectivity index (χ4n) is 2.45. The highest BCUT2D eigenvalue weighted by atomic mass is 127. The molecule has 160 valence electrons. The van der Waals surface area contributed by atoms with Gasteiger partial charge in [-0.3, -0.25) is 4.99 Å². The molecule has 2 aromatic rings. The average Bonchev–Trinajstić information content (AvgIpc) is 2.73. The van der Waals surface area contributed by atoms with E-state index in [0.717, 1.165) is 16.9 Å². The van der Waals surface area contributed by atoms with Crippen LogP contribution in [0.25, 0.3) is 0 Å². The maximum absolute atomic E-state index is 5.91. The molecule has 0 heterocycles. The van der Waals surface area contributed by atoms with Crippen LogP contribution in [0.15, 0.2) is 53.5 Å². The SMILES string of the molecule is CN=C(NCc1ccc(OCc2ccccc2)c(OC)c1)NCC(C)(C)OC.I. The number of hydrogen-bond acceptors (Lipinski definition) is 4. The Morgan fingerprint density at radius 3 is 2.31 bits per heavy atom. The van der Waals surface area contributed by atoms with Crippen molar-refractivity contribution in [2.24, 2.45) is 4.99 Å². The second kappa shape index (κ2) is 12.5. The molecule has 2 N–H and O–H groups in total. The van der Waals surface area contributed by atoms with Crippen molar-refractivity contribution in [3.63, 3.8) is 0 Å². The van der Waals surface area contributed by atoms with Gasteiger partial charge < -0.3 is 24.8 Å². The maximum Gasteiger partial charge on any atom is 0.191 e. The first kappa shape index (κ1) is 25.0. The molecule has 2 aromatic carbocycles. The summed E-state index contributed by atoms with van der Waals surface area (Å²) < 4.78 is 16.8. The molecular weight excluding hydrogens is 481 g/mol. The van der Waals surface area contributed by atoms with E-state index in [1.54, 1.807) is 21.3 Å². The Labute approximate surface area is 191 Å². The Balaban J connectivity index is 0.00000420. The van der Waals surface area contributed by atoms with Crippen molar-refractivity contribution >= 4 is 29.9 Å². The number of nitrogens with zero attached hydrogens (tertiary/aromatic N) is 1. The lowest BCUT2D eigenvalue weighted by Crippen LogP contribution is -2.45. The average molecular weight is 513 g/mol. The van der Waals surface area contributed by atoms with Crippen LogP contribution in [0.4, 0.5) is 0 Å². The number of hydrogen-bond donors (Lipinski definition) is 2. The maximum atomic E-state index is 5.91. The Morgan fingerprint density at radius 2 is 1.69 bits per heavy atom. The molecule has 0 bridgehead atoms. The fraction of sp³-hybridized carbons (Fsp3) is 0.409. The third-order valence-electron chi connectivity index (χ3n) is 4.38. The Kier molecular flexibility index (Phi) is 10.8. The molecule has 0 atom stereocenters. The second-order valence-electron chi connectivity index (χ2n) is 7.00. The van der Waals surface area contributed by atoms with Crippen molar-refractivity contribution in [3.8, 4) is 11.5 Å². The highest BCUT2D eigenvalue weighted by Gasteiger charge is 2.16. The summed E-state index contributed by atoms with van der Waals surface area (Å²) in [6, 6.07) is 16.0. The molecule has 0 fully saturated rings. The van der Waals surface area contributed by atoms with Gasteiger partial charge in [0.25, 0.3) is 0 Å². The highest BCUT2D eigenvalue weighted by molar-refractivity contribution is 14.0. The van der Waals surface area contributed by atoms with E-state index in [0.29, 0.717) is 31.4 Å². The van der Waals surface area contributed by atoms with E-state index in [1.165, 1.54) is 0 Å². The van der Waals surface area contributed by atoms with Gasteiger partial charge in [-0.25, -0.2) is 0 Å². The van der Waals surface area contributed by atoms with E-state index in [9.17, 15) is 0 Å². The first-order chi connectivity index (χ1) is 13.5.